The molecule has 0 aliphatic rings. The monoisotopic (exact) mass is 420 g/mol. The van der Waals surface area contributed by atoms with Gasteiger partial charge >= 0.3 is 12.0 Å². The number of esters is 1. The first-order valence-corrected chi connectivity index (χ1v) is 9.73. The number of carbonyl (C=O) groups excluding carboxylic acids is 3. The predicted molar refractivity (Wildman–Crippen MR) is 116 cm³/mol. The zero-order valence-corrected chi connectivity index (χ0v) is 17.6. The maximum Gasteiger partial charge on any atom is 0.357 e. The lowest BCUT2D eigenvalue weighted by Crippen LogP contribution is -2.49. The summed E-state index contributed by atoms with van der Waals surface area (Å²) in [5.41, 5.74) is 1.76. The van der Waals surface area contributed by atoms with Gasteiger partial charge in [0.1, 0.15) is 0 Å². The molecule has 0 bridgehead atoms. The molecule has 3 amide bonds. The van der Waals surface area contributed by atoms with E-state index in [9.17, 15) is 14.4 Å². The Morgan fingerprint density at radius 2 is 1.58 bits per heavy atom. The van der Waals surface area contributed by atoms with Crippen molar-refractivity contribution in [3.8, 4) is 16.9 Å². The van der Waals surface area contributed by atoms with Crippen LogP contribution in [0.15, 0.2) is 66.7 Å². The van der Waals surface area contributed by atoms with Gasteiger partial charge in [-0.05, 0) is 39.0 Å². The third-order valence-electron chi connectivity index (χ3n) is 4.06. The van der Waals surface area contributed by atoms with Crippen molar-refractivity contribution in [2.45, 2.75) is 26.3 Å². The molecule has 0 radical (unpaired) electrons. The van der Waals surface area contributed by atoms with Gasteiger partial charge in [-0.3, -0.25) is 10.1 Å². The molecule has 0 aliphatic carbocycles. The number of aromatic nitrogens is 2. The Morgan fingerprint density at radius 1 is 0.968 bits per heavy atom. The van der Waals surface area contributed by atoms with Gasteiger partial charge in [0.2, 0.25) is 0 Å². The van der Waals surface area contributed by atoms with Crippen molar-refractivity contribution in [2.24, 2.45) is 0 Å². The Labute approximate surface area is 180 Å². The van der Waals surface area contributed by atoms with E-state index >= 15 is 0 Å². The van der Waals surface area contributed by atoms with Crippen LogP contribution in [-0.4, -0.2) is 39.8 Å². The molecule has 0 fully saturated rings. The molecule has 2 aromatic carbocycles. The van der Waals surface area contributed by atoms with Gasteiger partial charge in [0.25, 0.3) is 5.91 Å². The molecule has 1 heterocycles. The molecule has 0 atom stereocenters. The van der Waals surface area contributed by atoms with Crippen molar-refractivity contribution in [1.29, 1.82) is 0 Å². The van der Waals surface area contributed by atoms with E-state index in [1.807, 2.05) is 60.7 Å². The Bertz CT molecular complexity index is 1070. The maximum atomic E-state index is 12.7. The molecule has 0 spiro atoms. The van der Waals surface area contributed by atoms with Gasteiger partial charge in [-0.25, -0.2) is 14.3 Å². The van der Waals surface area contributed by atoms with Crippen LogP contribution >= 0.6 is 0 Å². The molecule has 160 valence electrons. The second kappa shape index (κ2) is 9.25. The first kappa shape index (κ1) is 21.8. The Hall–Kier alpha value is -3.94. The average molecular weight is 420 g/mol. The minimum Gasteiger partial charge on any atom is -0.451 e. The summed E-state index contributed by atoms with van der Waals surface area (Å²) in [6.45, 7) is 4.75. The number of benzene rings is 2. The lowest BCUT2D eigenvalue weighted by Gasteiger charge is -2.20. The Balaban J connectivity index is 1.76. The van der Waals surface area contributed by atoms with Crippen molar-refractivity contribution in [1.82, 2.24) is 20.4 Å². The second-order valence-electron chi connectivity index (χ2n) is 7.86. The van der Waals surface area contributed by atoms with Crippen LogP contribution in [0.1, 0.15) is 31.3 Å². The van der Waals surface area contributed by atoms with Gasteiger partial charge in [0.05, 0.1) is 11.4 Å². The number of carbonyl (C=O) groups is 3. The average Bonchev–Trinajstić information content (AvgIpc) is 3.17. The molecule has 31 heavy (non-hydrogen) atoms. The topological polar surface area (TPSA) is 102 Å². The van der Waals surface area contributed by atoms with Crippen LogP contribution in [0.2, 0.25) is 0 Å². The summed E-state index contributed by atoms with van der Waals surface area (Å²) in [7, 11) is 0. The predicted octanol–water partition coefficient (Wildman–Crippen LogP) is 3.32. The first-order valence-electron chi connectivity index (χ1n) is 9.73. The lowest BCUT2D eigenvalue weighted by atomic mass is 10.1. The first-order chi connectivity index (χ1) is 14.7. The van der Waals surface area contributed by atoms with Crippen LogP contribution in [0.4, 0.5) is 4.79 Å². The zero-order chi connectivity index (χ0) is 22.4. The van der Waals surface area contributed by atoms with Crippen LogP contribution in [0, 0.1) is 0 Å². The molecule has 8 heteroatoms. The van der Waals surface area contributed by atoms with E-state index in [1.54, 1.807) is 26.8 Å². The van der Waals surface area contributed by atoms with E-state index in [4.69, 9.17) is 4.74 Å². The molecule has 0 saturated carbocycles. The molecule has 0 aliphatic heterocycles. The highest BCUT2D eigenvalue weighted by molar-refractivity contribution is 5.97. The van der Waals surface area contributed by atoms with E-state index in [1.165, 1.54) is 4.68 Å². The number of urea groups is 1. The van der Waals surface area contributed by atoms with Gasteiger partial charge < -0.3 is 10.1 Å². The third-order valence-corrected chi connectivity index (χ3v) is 4.06. The standard InChI is InChI=1S/C23H24N4O4/c1-23(2,3)25-22(30)24-20(28)15-31-21(29)19-14-18(16-10-6-4-7-11-16)26-27(19)17-12-8-5-9-13-17/h4-14H,15H2,1-3H3,(H2,24,25,28,30). The van der Waals surface area contributed by atoms with E-state index in [-0.39, 0.29) is 5.69 Å². The summed E-state index contributed by atoms with van der Waals surface area (Å²) < 4.78 is 6.61. The second-order valence-corrected chi connectivity index (χ2v) is 7.86. The summed E-state index contributed by atoms with van der Waals surface area (Å²) >= 11 is 0. The highest BCUT2D eigenvalue weighted by atomic mass is 16.5. The van der Waals surface area contributed by atoms with Crippen molar-refractivity contribution in [3.63, 3.8) is 0 Å². The number of ether oxygens (including phenoxy) is 1. The molecule has 1 aromatic heterocycles. The summed E-state index contributed by atoms with van der Waals surface area (Å²) in [4.78, 5) is 36.5. The van der Waals surface area contributed by atoms with Gasteiger partial charge in [0, 0.05) is 11.1 Å². The number of nitrogens with zero attached hydrogens (tertiary/aromatic N) is 2. The molecule has 3 aromatic rings. The largest absolute Gasteiger partial charge is 0.451 e. The van der Waals surface area contributed by atoms with E-state index in [0.29, 0.717) is 11.4 Å². The molecular formula is C23H24N4O4. The smallest absolute Gasteiger partial charge is 0.357 e. The van der Waals surface area contributed by atoms with E-state index < -0.39 is 30.1 Å². The number of hydrogen-bond donors (Lipinski definition) is 2. The highest BCUT2D eigenvalue weighted by Crippen LogP contribution is 2.22. The quantitative estimate of drug-likeness (QED) is 0.617. The molecule has 2 N–H and O–H groups in total. The minimum atomic E-state index is -0.732. The summed E-state index contributed by atoms with van der Waals surface area (Å²) in [5, 5.41) is 9.27. The SMILES string of the molecule is CC(C)(C)NC(=O)NC(=O)COC(=O)c1cc(-c2ccccc2)nn1-c1ccccc1. The Kier molecular flexibility index (Phi) is 6.49. The molecule has 0 saturated heterocycles. The van der Waals surface area contributed by atoms with Crippen molar-refractivity contribution in [2.75, 3.05) is 6.61 Å². The summed E-state index contributed by atoms with van der Waals surface area (Å²) in [6, 6.07) is 19.5. The van der Waals surface area contributed by atoms with Crippen LogP contribution < -0.4 is 10.6 Å². The van der Waals surface area contributed by atoms with Gasteiger partial charge in [-0.2, -0.15) is 5.10 Å². The third kappa shape index (κ3) is 6.02. The van der Waals surface area contributed by atoms with Gasteiger partial charge in [-0.15, -0.1) is 0 Å². The highest BCUT2D eigenvalue weighted by Gasteiger charge is 2.21. The van der Waals surface area contributed by atoms with Crippen LogP contribution in [0.25, 0.3) is 16.9 Å². The summed E-state index contributed by atoms with van der Waals surface area (Å²) in [6.07, 6.45) is 0. The van der Waals surface area contributed by atoms with Crippen LogP contribution in [-0.2, 0) is 9.53 Å². The van der Waals surface area contributed by atoms with E-state index in [0.717, 1.165) is 5.56 Å². The zero-order valence-electron chi connectivity index (χ0n) is 17.6. The fourth-order valence-electron chi connectivity index (χ4n) is 2.78. The van der Waals surface area contributed by atoms with Crippen molar-refractivity contribution >= 4 is 17.9 Å². The van der Waals surface area contributed by atoms with Gasteiger partial charge in [0.15, 0.2) is 12.3 Å². The number of amides is 3. The molecular weight excluding hydrogens is 396 g/mol. The molecule has 3 rings (SSSR count). The van der Waals surface area contributed by atoms with Gasteiger partial charge in [-0.1, -0.05) is 48.5 Å². The maximum absolute atomic E-state index is 12.7. The summed E-state index contributed by atoms with van der Waals surface area (Å²) in [5.74, 6) is -1.46. The number of rotatable bonds is 5. The van der Waals surface area contributed by atoms with Crippen molar-refractivity contribution < 1.29 is 19.1 Å². The minimum absolute atomic E-state index is 0.164. The van der Waals surface area contributed by atoms with Crippen LogP contribution in [0.5, 0.6) is 0 Å². The van der Waals surface area contributed by atoms with E-state index in [2.05, 4.69) is 15.7 Å². The molecule has 0 unspecified atom stereocenters. The fourth-order valence-corrected chi connectivity index (χ4v) is 2.78. The van der Waals surface area contributed by atoms with Crippen molar-refractivity contribution in [3.05, 3.63) is 72.4 Å². The lowest BCUT2D eigenvalue weighted by molar-refractivity contribution is -0.123. The number of hydrogen-bond acceptors (Lipinski definition) is 5. The fraction of sp³-hybridized carbons (Fsp3) is 0.217. The Morgan fingerprint density at radius 3 is 2.19 bits per heavy atom. The normalized spacial score (nSPS) is 10.9. The number of nitrogens with one attached hydrogen (secondary N) is 2. The number of para-hydroxylation sites is 1. The number of imide groups is 1. The molecule has 8 nitrogen and oxygen atoms in total. The van der Waals surface area contributed by atoms with Crippen LogP contribution in [0.3, 0.4) is 0 Å².